The van der Waals surface area contributed by atoms with Crippen LogP contribution in [0.5, 0.6) is 5.75 Å². The molecule has 4 rings (SSSR count). The van der Waals surface area contributed by atoms with Crippen LogP contribution >= 0.6 is 0 Å². The zero-order chi connectivity index (χ0) is 20.2. The van der Waals surface area contributed by atoms with Crippen LogP contribution in [0.2, 0.25) is 0 Å². The van der Waals surface area contributed by atoms with Crippen molar-refractivity contribution in [1.82, 2.24) is 14.7 Å². The number of carbonyl (C=O) groups is 1. The maximum atomic E-state index is 12.8. The first-order chi connectivity index (χ1) is 14.1. The summed E-state index contributed by atoms with van der Waals surface area (Å²) in [6, 6.07) is 7.92. The Morgan fingerprint density at radius 1 is 1.28 bits per heavy atom. The van der Waals surface area contributed by atoms with Gasteiger partial charge in [-0.15, -0.1) is 0 Å². The van der Waals surface area contributed by atoms with Crippen molar-refractivity contribution in [3.05, 3.63) is 47.3 Å². The van der Waals surface area contributed by atoms with Gasteiger partial charge in [0.1, 0.15) is 12.4 Å². The lowest BCUT2D eigenvalue weighted by Gasteiger charge is -2.27. The summed E-state index contributed by atoms with van der Waals surface area (Å²) >= 11 is 0. The zero-order valence-electron chi connectivity index (χ0n) is 17.2. The van der Waals surface area contributed by atoms with E-state index in [4.69, 9.17) is 4.74 Å². The van der Waals surface area contributed by atoms with Gasteiger partial charge in [0.25, 0.3) is 0 Å². The number of fused-ring (bicyclic) bond motifs is 1. The molecule has 1 saturated carbocycles. The van der Waals surface area contributed by atoms with E-state index in [1.54, 1.807) is 0 Å². The van der Waals surface area contributed by atoms with E-state index in [0.29, 0.717) is 38.6 Å². The van der Waals surface area contributed by atoms with E-state index in [-0.39, 0.29) is 5.91 Å². The van der Waals surface area contributed by atoms with E-state index in [0.717, 1.165) is 35.4 Å². The van der Waals surface area contributed by atoms with Gasteiger partial charge in [-0.1, -0.05) is 25.3 Å². The average molecular weight is 398 g/mol. The summed E-state index contributed by atoms with van der Waals surface area (Å²) in [6.45, 7) is 4.12. The lowest BCUT2D eigenvalue weighted by Crippen LogP contribution is -2.33. The Hall–Kier alpha value is -2.34. The van der Waals surface area contributed by atoms with Crippen LogP contribution in [-0.2, 0) is 17.9 Å². The minimum atomic E-state index is -0.434. The van der Waals surface area contributed by atoms with Crippen LogP contribution in [0, 0.1) is 12.8 Å². The van der Waals surface area contributed by atoms with E-state index in [1.165, 1.54) is 19.3 Å². The average Bonchev–Trinajstić information content (AvgIpc) is 3.04. The van der Waals surface area contributed by atoms with Crippen molar-refractivity contribution < 1.29 is 14.6 Å². The number of aromatic nitrogens is 2. The quantitative estimate of drug-likeness (QED) is 0.837. The maximum Gasteiger partial charge on any atom is 0.224 e. The molecule has 1 unspecified atom stereocenters. The molecule has 0 saturated heterocycles. The monoisotopic (exact) mass is 397 g/mol. The van der Waals surface area contributed by atoms with Crippen LogP contribution in [0.4, 0.5) is 0 Å². The van der Waals surface area contributed by atoms with Gasteiger partial charge in [0.2, 0.25) is 5.91 Å². The first kappa shape index (κ1) is 20.0. The van der Waals surface area contributed by atoms with Gasteiger partial charge >= 0.3 is 0 Å². The third kappa shape index (κ3) is 4.81. The van der Waals surface area contributed by atoms with E-state index in [9.17, 15) is 9.90 Å². The van der Waals surface area contributed by atoms with Gasteiger partial charge in [0, 0.05) is 31.3 Å². The summed E-state index contributed by atoms with van der Waals surface area (Å²) in [5.74, 6) is 1.26. The minimum Gasteiger partial charge on any atom is -0.491 e. The normalized spacial score (nSPS) is 18.6. The molecule has 6 nitrogen and oxygen atoms in total. The Morgan fingerprint density at radius 3 is 2.86 bits per heavy atom. The highest BCUT2D eigenvalue weighted by molar-refractivity contribution is 5.76. The van der Waals surface area contributed by atoms with Crippen molar-refractivity contribution in [2.24, 2.45) is 5.92 Å². The molecular formula is C23H31N3O3. The van der Waals surface area contributed by atoms with Gasteiger partial charge in [0.15, 0.2) is 0 Å². The highest BCUT2D eigenvalue weighted by atomic mass is 16.5. The molecule has 1 fully saturated rings. The second-order valence-electron chi connectivity index (χ2n) is 8.34. The van der Waals surface area contributed by atoms with Crippen molar-refractivity contribution in [1.29, 1.82) is 0 Å². The first-order valence-electron chi connectivity index (χ1n) is 10.8. The van der Waals surface area contributed by atoms with Crippen molar-refractivity contribution in [2.75, 3.05) is 13.2 Å². The topological polar surface area (TPSA) is 67.6 Å². The molecule has 1 aromatic heterocycles. The Kier molecular flexibility index (Phi) is 6.19. The van der Waals surface area contributed by atoms with Crippen LogP contribution in [0.1, 0.15) is 61.4 Å². The molecule has 2 aromatic rings. The number of aliphatic hydroxyl groups excluding tert-OH is 1. The van der Waals surface area contributed by atoms with Gasteiger partial charge in [-0.2, -0.15) is 5.10 Å². The third-order valence-electron chi connectivity index (χ3n) is 6.18. The number of benzene rings is 1. The van der Waals surface area contributed by atoms with Gasteiger partial charge < -0.3 is 14.7 Å². The van der Waals surface area contributed by atoms with Crippen molar-refractivity contribution in [3.8, 4) is 5.75 Å². The van der Waals surface area contributed by atoms with E-state index < -0.39 is 6.10 Å². The van der Waals surface area contributed by atoms with Crippen LogP contribution in [0.3, 0.4) is 0 Å². The molecule has 0 bridgehead atoms. The molecule has 1 aliphatic heterocycles. The number of aliphatic hydroxyl groups is 1. The van der Waals surface area contributed by atoms with Crippen LogP contribution in [-0.4, -0.2) is 38.8 Å². The number of nitrogens with zero attached hydrogens (tertiary/aromatic N) is 3. The molecule has 1 aliphatic carbocycles. The van der Waals surface area contributed by atoms with Crippen LogP contribution in [0.15, 0.2) is 30.5 Å². The molecule has 0 radical (unpaired) electrons. The summed E-state index contributed by atoms with van der Waals surface area (Å²) in [5, 5.41) is 15.2. The van der Waals surface area contributed by atoms with E-state index in [2.05, 4.69) is 5.10 Å². The standard InChI is InChI=1S/C23H31N3O3/c1-17-9-11-26(24-17)12-10-22(27)25-13-14-29-21-8-7-19(15-20(21)16-25)23(28)18-5-3-2-4-6-18/h7-9,11,15,18,23,28H,2-6,10,12-14,16H2,1H3. The third-order valence-corrected chi connectivity index (χ3v) is 6.18. The predicted molar refractivity (Wildman–Crippen MR) is 110 cm³/mol. The smallest absolute Gasteiger partial charge is 0.224 e. The number of amides is 1. The number of rotatable bonds is 5. The van der Waals surface area contributed by atoms with Crippen molar-refractivity contribution in [3.63, 3.8) is 0 Å². The molecular weight excluding hydrogens is 366 g/mol. The summed E-state index contributed by atoms with van der Waals surface area (Å²) in [7, 11) is 0. The van der Waals surface area contributed by atoms with Gasteiger partial charge in [0.05, 0.1) is 18.3 Å². The number of hydrogen-bond donors (Lipinski definition) is 1. The number of hydrogen-bond acceptors (Lipinski definition) is 4. The van der Waals surface area contributed by atoms with E-state index in [1.807, 2.05) is 47.0 Å². The number of ether oxygens (including phenoxy) is 1. The molecule has 1 atom stereocenters. The fraction of sp³-hybridized carbons (Fsp3) is 0.565. The SMILES string of the molecule is Cc1ccn(CCC(=O)N2CCOc3ccc(C(O)C4CCCCC4)cc3C2)n1. The summed E-state index contributed by atoms with van der Waals surface area (Å²) < 4.78 is 7.70. The summed E-state index contributed by atoms with van der Waals surface area (Å²) in [4.78, 5) is 14.6. The highest BCUT2D eigenvalue weighted by Gasteiger charge is 2.25. The number of aryl methyl sites for hydroxylation is 2. The zero-order valence-corrected chi connectivity index (χ0v) is 17.2. The maximum absolute atomic E-state index is 12.8. The Balaban J connectivity index is 1.43. The second-order valence-corrected chi connectivity index (χ2v) is 8.34. The molecule has 2 aliphatic rings. The van der Waals surface area contributed by atoms with Gasteiger partial charge in [-0.25, -0.2) is 0 Å². The minimum absolute atomic E-state index is 0.104. The van der Waals surface area contributed by atoms with E-state index >= 15 is 0 Å². The van der Waals surface area contributed by atoms with Crippen molar-refractivity contribution in [2.45, 2.75) is 64.6 Å². The number of carbonyl (C=O) groups excluding carboxylic acids is 1. The van der Waals surface area contributed by atoms with Crippen molar-refractivity contribution >= 4 is 5.91 Å². The molecule has 156 valence electrons. The lowest BCUT2D eigenvalue weighted by molar-refractivity contribution is -0.132. The molecule has 2 heterocycles. The molecule has 1 N–H and O–H groups in total. The Morgan fingerprint density at radius 2 is 2.10 bits per heavy atom. The Bertz CT molecular complexity index is 842. The van der Waals surface area contributed by atoms with Gasteiger partial charge in [-0.3, -0.25) is 9.48 Å². The van der Waals surface area contributed by atoms with Crippen LogP contribution < -0.4 is 4.74 Å². The highest BCUT2D eigenvalue weighted by Crippen LogP contribution is 2.36. The van der Waals surface area contributed by atoms with Crippen LogP contribution in [0.25, 0.3) is 0 Å². The fourth-order valence-electron chi connectivity index (χ4n) is 4.49. The Labute approximate surface area is 172 Å². The molecule has 29 heavy (non-hydrogen) atoms. The largest absolute Gasteiger partial charge is 0.491 e. The van der Waals surface area contributed by atoms with Gasteiger partial charge in [-0.05, 0) is 49.4 Å². The molecule has 1 amide bonds. The fourth-order valence-corrected chi connectivity index (χ4v) is 4.49. The second kappa shape index (κ2) is 8.99. The molecule has 6 heteroatoms. The molecule has 1 aromatic carbocycles. The molecule has 0 spiro atoms. The summed E-state index contributed by atoms with van der Waals surface area (Å²) in [5.41, 5.74) is 2.89. The predicted octanol–water partition coefficient (Wildman–Crippen LogP) is 3.62. The summed E-state index contributed by atoms with van der Waals surface area (Å²) in [6.07, 6.45) is 7.75. The first-order valence-corrected chi connectivity index (χ1v) is 10.8. The lowest BCUT2D eigenvalue weighted by atomic mass is 9.82.